The molecular formula is C13H25Cl. The Labute approximate surface area is 94.7 Å². The monoisotopic (exact) mass is 216 g/mol. The fraction of sp³-hybridized carbons (Fsp3) is 0.846. The van der Waals surface area contributed by atoms with E-state index in [1.165, 1.54) is 44.1 Å². The minimum atomic E-state index is 0.221. The Morgan fingerprint density at radius 1 is 1.07 bits per heavy atom. The molecule has 14 heavy (non-hydrogen) atoms. The van der Waals surface area contributed by atoms with Crippen LogP contribution in [-0.2, 0) is 0 Å². The third-order valence-electron chi connectivity index (χ3n) is 2.61. The highest BCUT2D eigenvalue weighted by Gasteiger charge is 2.07. The van der Waals surface area contributed by atoms with Gasteiger partial charge in [0.1, 0.15) is 0 Å². The van der Waals surface area contributed by atoms with Gasteiger partial charge in [-0.1, -0.05) is 58.1 Å². The molecule has 0 aromatic rings. The van der Waals surface area contributed by atoms with E-state index >= 15 is 0 Å². The third-order valence-corrected chi connectivity index (χ3v) is 3.13. The van der Waals surface area contributed by atoms with Gasteiger partial charge in [-0.25, -0.2) is 0 Å². The van der Waals surface area contributed by atoms with Gasteiger partial charge in [-0.15, -0.1) is 11.6 Å². The maximum absolute atomic E-state index is 6.25. The molecular weight excluding hydrogens is 192 g/mol. The maximum atomic E-state index is 6.25. The van der Waals surface area contributed by atoms with E-state index in [0.717, 1.165) is 12.8 Å². The second-order valence-corrected chi connectivity index (χ2v) is 4.61. The average molecular weight is 217 g/mol. The first-order valence-corrected chi connectivity index (χ1v) is 6.47. The van der Waals surface area contributed by atoms with E-state index < -0.39 is 0 Å². The summed E-state index contributed by atoms with van der Waals surface area (Å²) in [5.74, 6) is 0. The van der Waals surface area contributed by atoms with Crippen LogP contribution in [0.5, 0.6) is 0 Å². The standard InChI is InChI=1S/C13H25Cl/c1-4-6-8-10-12(3)13(14)11-9-7-5-2/h13H,3-11H2,1-2H3. The van der Waals surface area contributed by atoms with Gasteiger partial charge in [-0.3, -0.25) is 0 Å². The number of alkyl halides is 1. The number of unbranched alkanes of at least 4 members (excludes halogenated alkanes) is 4. The van der Waals surface area contributed by atoms with Gasteiger partial charge in [0, 0.05) is 0 Å². The topological polar surface area (TPSA) is 0 Å². The number of rotatable bonds is 9. The van der Waals surface area contributed by atoms with Crippen LogP contribution in [0.1, 0.15) is 65.2 Å². The summed E-state index contributed by atoms with van der Waals surface area (Å²) in [6.07, 6.45) is 9.88. The van der Waals surface area contributed by atoms with Crippen LogP contribution in [0.4, 0.5) is 0 Å². The summed E-state index contributed by atoms with van der Waals surface area (Å²) in [6.45, 7) is 8.52. The molecule has 0 amide bonds. The number of hydrogen-bond acceptors (Lipinski definition) is 0. The third kappa shape index (κ3) is 7.44. The zero-order valence-electron chi connectivity index (χ0n) is 9.82. The number of hydrogen-bond donors (Lipinski definition) is 0. The van der Waals surface area contributed by atoms with Gasteiger partial charge < -0.3 is 0 Å². The van der Waals surface area contributed by atoms with Crippen molar-refractivity contribution in [3.63, 3.8) is 0 Å². The Hall–Kier alpha value is 0.0300. The molecule has 0 saturated carbocycles. The van der Waals surface area contributed by atoms with Gasteiger partial charge in [-0.05, 0) is 19.3 Å². The van der Waals surface area contributed by atoms with E-state index in [1.807, 2.05) is 0 Å². The van der Waals surface area contributed by atoms with Gasteiger partial charge in [0.2, 0.25) is 0 Å². The molecule has 0 bridgehead atoms. The van der Waals surface area contributed by atoms with E-state index in [4.69, 9.17) is 11.6 Å². The molecule has 0 radical (unpaired) electrons. The Balaban J connectivity index is 3.44. The summed E-state index contributed by atoms with van der Waals surface area (Å²) in [5, 5.41) is 0.221. The van der Waals surface area contributed by atoms with E-state index in [-0.39, 0.29) is 5.38 Å². The van der Waals surface area contributed by atoms with Gasteiger partial charge >= 0.3 is 0 Å². The Kier molecular flexibility index (Phi) is 9.60. The van der Waals surface area contributed by atoms with Crippen molar-refractivity contribution in [2.45, 2.75) is 70.6 Å². The lowest BCUT2D eigenvalue weighted by atomic mass is 10.0. The average Bonchev–Trinajstić information content (AvgIpc) is 2.18. The largest absolute Gasteiger partial charge is 0.118 e. The minimum absolute atomic E-state index is 0.221. The Bertz CT molecular complexity index is 140. The van der Waals surface area contributed by atoms with Gasteiger partial charge in [-0.2, -0.15) is 0 Å². The second kappa shape index (κ2) is 9.58. The van der Waals surface area contributed by atoms with Crippen molar-refractivity contribution in [3.8, 4) is 0 Å². The summed E-state index contributed by atoms with van der Waals surface area (Å²) >= 11 is 6.25. The van der Waals surface area contributed by atoms with Crippen LogP contribution in [0.2, 0.25) is 0 Å². The second-order valence-electron chi connectivity index (χ2n) is 4.08. The van der Waals surface area contributed by atoms with Crippen molar-refractivity contribution in [3.05, 3.63) is 12.2 Å². The predicted molar refractivity (Wildman–Crippen MR) is 67.1 cm³/mol. The van der Waals surface area contributed by atoms with Crippen LogP contribution < -0.4 is 0 Å². The van der Waals surface area contributed by atoms with Crippen molar-refractivity contribution in [2.75, 3.05) is 0 Å². The molecule has 0 aromatic heterocycles. The van der Waals surface area contributed by atoms with Gasteiger partial charge in [0.15, 0.2) is 0 Å². The highest BCUT2D eigenvalue weighted by Crippen LogP contribution is 2.20. The molecule has 0 aliphatic carbocycles. The normalized spacial score (nSPS) is 12.8. The van der Waals surface area contributed by atoms with Crippen molar-refractivity contribution in [1.29, 1.82) is 0 Å². The first-order valence-electron chi connectivity index (χ1n) is 6.04. The zero-order chi connectivity index (χ0) is 10.8. The van der Waals surface area contributed by atoms with Crippen molar-refractivity contribution in [1.82, 2.24) is 0 Å². The predicted octanol–water partition coefficient (Wildman–Crippen LogP) is 5.31. The van der Waals surface area contributed by atoms with Crippen molar-refractivity contribution >= 4 is 11.6 Å². The molecule has 0 N–H and O–H groups in total. The van der Waals surface area contributed by atoms with Gasteiger partial charge in [0.25, 0.3) is 0 Å². The fourth-order valence-electron chi connectivity index (χ4n) is 1.54. The molecule has 0 fully saturated rings. The van der Waals surface area contributed by atoms with E-state index in [9.17, 15) is 0 Å². The van der Waals surface area contributed by atoms with E-state index in [1.54, 1.807) is 0 Å². The molecule has 0 saturated heterocycles. The molecule has 1 atom stereocenters. The Morgan fingerprint density at radius 3 is 2.21 bits per heavy atom. The number of allylic oxidation sites excluding steroid dienone is 1. The summed E-state index contributed by atoms with van der Waals surface area (Å²) in [4.78, 5) is 0. The lowest BCUT2D eigenvalue weighted by molar-refractivity contribution is 0.642. The lowest BCUT2D eigenvalue weighted by Crippen LogP contribution is -2.02. The van der Waals surface area contributed by atoms with Crippen LogP contribution in [0.25, 0.3) is 0 Å². The lowest BCUT2D eigenvalue weighted by Gasteiger charge is -2.12. The van der Waals surface area contributed by atoms with Crippen LogP contribution >= 0.6 is 11.6 Å². The molecule has 0 aliphatic rings. The number of halogens is 1. The molecule has 0 aliphatic heterocycles. The molecule has 0 spiro atoms. The summed E-state index contributed by atoms with van der Waals surface area (Å²) < 4.78 is 0. The van der Waals surface area contributed by atoms with Gasteiger partial charge in [0.05, 0.1) is 5.38 Å². The molecule has 0 aromatic carbocycles. The van der Waals surface area contributed by atoms with E-state index in [0.29, 0.717) is 0 Å². The maximum Gasteiger partial charge on any atom is 0.0542 e. The molecule has 1 heteroatoms. The summed E-state index contributed by atoms with van der Waals surface area (Å²) in [5.41, 5.74) is 1.25. The molecule has 1 unspecified atom stereocenters. The van der Waals surface area contributed by atoms with E-state index in [2.05, 4.69) is 20.4 Å². The minimum Gasteiger partial charge on any atom is -0.118 e. The first-order chi connectivity index (χ1) is 6.72. The smallest absolute Gasteiger partial charge is 0.0542 e. The van der Waals surface area contributed by atoms with Crippen molar-refractivity contribution < 1.29 is 0 Å². The SMILES string of the molecule is C=C(CCCCC)C(Cl)CCCCC. The Morgan fingerprint density at radius 2 is 1.64 bits per heavy atom. The van der Waals surface area contributed by atoms with Crippen LogP contribution in [0.3, 0.4) is 0 Å². The van der Waals surface area contributed by atoms with Crippen molar-refractivity contribution in [2.24, 2.45) is 0 Å². The molecule has 0 nitrogen and oxygen atoms in total. The molecule has 0 rings (SSSR count). The summed E-state index contributed by atoms with van der Waals surface area (Å²) in [7, 11) is 0. The molecule has 0 heterocycles. The van der Waals surface area contributed by atoms with Crippen LogP contribution in [0.15, 0.2) is 12.2 Å². The highest BCUT2D eigenvalue weighted by atomic mass is 35.5. The summed E-state index contributed by atoms with van der Waals surface area (Å²) in [6, 6.07) is 0. The fourth-order valence-corrected chi connectivity index (χ4v) is 1.80. The highest BCUT2D eigenvalue weighted by molar-refractivity contribution is 6.22. The first kappa shape index (κ1) is 14.0. The van der Waals surface area contributed by atoms with Crippen LogP contribution in [0, 0.1) is 0 Å². The molecule has 84 valence electrons. The van der Waals surface area contributed by atoms with Crippen LogP contribution in [-0.4, -0.2) is 5.38 Å². The quantitative estimate of drug-likeness (QED) is 0.278. The zero-order valence-corrected chi connectivity index (χ0v) is 10.6.